The van der Waals surface area contributed by atoms with Crippen LogP contribution in [0, 0.1) is 0 Å². The van der Waals surface area contributed by atoms with Gasteiger partial charge in [-0.3, -0.25) is 0 Å². The van der Waals surface area contributed by atoms with E-state index in [9.17, 15) is 4.79 Å². The highest BCUT2D eigenvalue weighted by Gasteiger charge is 2.27. The molecule has 0 radical (unpaired) electrons. The quantitative estimate of drug-likeness (QED) is 0.827. The van der Waals surface area contributed by atoms with Crippen LogP contribution in [-0.4, -0.2) is 71.3 Å². The molecule has 0 bridgehead atoms. The molecule has 0 saturated carbocycles. The predicted molar refractivity (Wildman–Crippen MR) is 101 cm³/mol. The normalized spacial score (nSPS) is 17.0. The van der Waals surface area contributed by atoms with Gasteiger partial charge in [0.25, 0.3) is 0 Å². The Morgan fingerprint density at radius 1 is 1.07 bits per heavy atom. The van der Waals surface area contributed by atoms with Crippen molar-refractivity contribution in [2.75, 3.05) is 19.6 Å². The molecule has 4 heterocycles. The Morgan fingerprint density at radius 2 is 1.82 bits per heavy atom. The average molecular weight is 386 g/mol. The number of aromatic amines is 1. The van der Waals surface area contributed by atoms with Crippen LogP contribution in [0.3, 0.4) is 0 Å². The third-order valence-electron chi connectivity index (χ3n) is 4.89. The van der Waals surface area contributed by atoms with Gasteiger partial charge in [-0.25, -0.2) is 14.5 Å². The van der Waals surface area contributed by atoms with Gasteiger partial charge in [-0.05, 0) is 20.8 Å². The van der Waals surface area contributed by atoms with Crippen molar-refractivity contribution in [2.45, 2.75) is 52.3 Å². The Hall–Kier alpha value is -2.91. The van der Waals surface area contributed by atoms with Gasteiger partial charge in [0.2, 0.25) is 0 Å². The molecular formula is C18H26N8O2. The molecule has 0 spiro atoms. The van der Waals surface area contributed by atoms with E-state index in [4.69, 9.17) is 4.74 Å². The fourth-order valence-electron chi connectivity index (χ4n) is 3.41. The summed E-state index contributed by atoms with van der Waals surface area (Å²) in [5.41, 5.74) is 2.25. The lowest BCUT2D eigenvalue weighted by Gasteiger charge is -2.27. The van der Waals surface area contributed by atoms with Crippen molar-refractivity contribution in [1.29, 1.82) is 0 Å². The lowest BCUT2D eigenvalue weighted by molar-refractivity contribution is 0.0253. The molecule has 1 N–H and O–H groups in total. The van der Waals surface area contributed by atoms with Gasteiger partial charge in [0, 0.05) is 32.5 Å². The monoisotopic (exact) mass is 386 g/mol. The number of nitrogens with one attached hydrogen (secondary N) is 1. The Bertz CT molecular complexity index is 868. The van der Waals surface area contributed by atoms with Crippen molar-refractivity contribution in [3.63, 3.8) is 0 Å². The number of fused-ring (bicyclic) bond motifs is 2. The summed E-state index contributed by atoms with van der Waals surface area (Å²) in [5, 5.41) is 15.7. The number of nitrogens with zero attached hydrogens (tertiary/aromatic N) is 7. The first-order valence-corrected chi connectivity index (χ1v) is 9.54. The van der Waals surface area contributed by atoms with Crippen LogP contribution >= 0.6 is 0 Å². The summed E-state index contributed by atoms with van der Waals surface area (Å²) < 4.78 is 7.35. The Balaban J connectivity index is 1.41. The van der Waals surface area contributed by atoms with E-state index in [-0.39, 0.29) is 6.09 Å². The third-order valence-corrected chi connectivity index (χ3v) is 4.89. The van der Waals surface area contributed by atoms with E-state index in [2.05, 4.69) is 37.0 Å². The third kappa shape index (κ3) is 3.71. The number of carbonyl (C=O) groups excluding carboxylic acids is 1. The van der Waals surface area contributed by atoms with E-state index in [0.29, 0.717) is 38.4 Å². The number of hydrogen-bond acceptors (Lipinski definition) is 7. The number of rotatable bonds is 2. The zero-order valence-corrected chi connectivity index (χ0v) is 16.6. The van der Waals surface area contributed by atoms with Crippen LogP contribution in [-0.2, 0) is 30.7 Å². The maximum atomic E-state index is 12.3. The lowest BCUT2D eigenvalue weighted by atomic mass is 10.1. The van der Waals surface area contributed by atoms with Crippen molar-refractivity contribution in [2.24, 2.45) is 0 Å². The number of H-pyrrole nitrogens is 1. The van der Waals surface area contributed by atoms with E-state index in [0.717, 1.165) is 35.9 Å². The zero-order valence-electron chi connectivity index (χ0n) is 16.6. The average Bonchev–Trinajstić information content (AvgIpc) is 3.21. The summed E-state index contributed by atoms with van der Waals surface area (Å²) in [6.07, 6.45) is 1.16. The summed E-state index contributed by atoms with van der Waals surface area (Å²) in [6.45, 7) is 13.0. The lowest BCUT2D eigenvalue weighted by Crippen LogP contribution is -2.38. The van der Waals surface area contributed by atoms with E-state index in [1.807, 2.05) is 25.5 Å². The molecule has 0 unspecified atom stereocenters. The van der Waals surface area contributed by atoms with E-state index in [1.165, 1.54) is 0 Å². The van der Waals surface area contributed by atoms with Crippen LogP contribution in [0.25, 0.3) is 5.70 Å². The van der Waals surface area contributed by atoms with Gasteiger partial charge in [-0.2, -0.15) is 15.4 Å². The molecule has 0 aliphatic carbocycles. The smallest absolute Gasteiger partial charge is 0.410 e. The van der Waals surface area contributed by atoms with Crippen LogP contribution < -0.4 is 0 Å². The summed E-state index contributed by atoms with van der Waals surface area (Å²) in [6, 6.07) is 0. The molecule has 0 fully saturated rings. The van der Waals surface area contributed by atoms with Gasteiger partial charge >= 0.3 is 6.09 Å². The largest absolute Gasteiger partial charge is 0.444 e. The van der Waals surface area contributed by atoms with Crippen LogP contribution in [0.5, 0.6) is 0 Å². The SMILES string of the molecule is C=C(c1nc2n(n1)CCN(C(=O)OC(C)(C)C)CC2)N1CCc2n[nH]nc2C1. The molecule has 2 aliphatic rings. The summed E-state index contributed by atoms with van der Waals surface area (Å²) in [7, 11) is 0. The van der Waals surface area contributed by atoms with Gasteiger partial charge < -0.3 is 14.5 Å². The van der Waals surface area contributed by atoms with Crippen molar-refractivity contribution >= 4 is 11.8 Å². The standard InChI is InChI=1S/C18H26N8O2/c1-12(25-7-5-13-14(11-25)21-23-20-13)16-19-15-6-8-24(9-10-26(15)22-16)17(27)28-18(2,3)4/h1,5-11H2,2-4H3,(H,20,21,23). The Labute approximate surface area is 163 Å². The summed E-state index contributed by atoms with van der Waals surface area (Å²) in [4.78, 5) is 20.9. The molecule has 2 aromatic rings. The molecule has 28 heavy (non-hydrogen) atoms. The topological polar surface area (TPSA) is 105 Å². The first kappa shape index (κ1) is 18.5. The molecule has 2 aliphatic heterocycles. The molecule has 0 saturated heterocycles. The van der Waals surface area contributed by atoms with Gasteiger partial charge in [-0.15, -0.1) is 5.10 Å². The molecule has 10 heteroatoms. The second-order valence-electron chi connectivity index (χ2n) is 8.13. The molecule has 1 amide bonds. The van der Waals surface area contributed by atoms with Crippen molar-refractivity contribution < 1.29 is 9.53 Å². The highest BCUT2D eigenvalue weighted by atomic mass is 16.6. The molecule has 2 aromatic heterocycles. The van der Waals surface area contributed by atoms with Gasteiger partial charge in [0.15, 0.2) is 5.82 Å². The molecule has 10 nitrogen and oxygen atoms in total. The van der Waals surface area contributed by atoms with Crippen LogP contribution in [0.4, 0.5) is 4.79 Å². The van der Waals surface area contributed by atoms with Crippen molar-refractivity contribution in [1.82, 2.24) is 40.0 Å². The zero-order chi connectivity index (χ0) is 19.9. The van der Waals surface area contributed by atoms with E-state index < -0.39 is 5.60 Å². The van der Waals surface area contributed by atoms with Crippen molar-refractivity contribution in [3.8, 4) is 0 Å². The molecule has 0 atom stereocenters. The first-order valence-electron chi connectivity index (χ1n) is 9.54. The second-order valence-corrected chi connectivity index (χ2v) is 8.13. The predicted octanol–water partition coefficient (Wildman–Crippen LogP) is 1.22. The molecular weight excluding hydrogens is 360 g/mol. The minimum Gasteiger partial charge on any atom is -0.444 e. The number of aromatic nitrogens is 6. The molecule has 150 valence electrons. The maximum Gasteiger partial charge on any atom is 0.410 e. The number of carbonyl (C=O) groups is 1. The van der Waals surface area contributed by atoms with E-state index in [1.54, 1.807) is 4.90 Å². The van der Waals surface area contributed by atoms with Crippen LogP contribution in [0.2, 0.25) is 0 Å². The minimum atomic E-state index is -0.502. The van der Waals surface area contributed by atoms with Crippen LogP contribution in [0.1, 0.15) is 43.8 Å². The molecule has 4 rings (SSSR count). The van der Waals surface area contributed by atoms with Crippen LogP contribution in [0.15, 0.2) is 6.58 Å². The number of amides is 1. The minimum absolute atomic E-state index is 0.292. The van der Waals surface area contributed by atoms with Crippen molar-refractivity contribution in [3.05, 3.63) is 29.6 Å². The highest BCUT2D eigenvalue weighted by molar-refractivity contribution is 5.68. The Morgan fingerprint density at radius 3 is 2.61 bits per heavy atom. The number of ether oxygens (including phenoxy) is 1. The second kappa shape index (κ2) is 6.92. The first-order chi connectivity index (χ1) is 13.3. The highest BCUT2D eigenvalue weighted by Crippen LogP contribution is 2.23. The fourth-order valence-corrected chi connectivity index (χ4v) is 3.41. The van der Waals surface area contributed by atoms with Gasteiger partial charge in [0.1, 0.15) is 17.1 Å². The fraction of sp³-hybridized carbons (Fsp3) is 0.611. The maximum absolute atomic E-state index is 12.3. The Kier molecular flexibility index (Phi) is 4.56. The summed E-state index contributed by atoms with van der Waals surface area (Å²) in [5.74, 6) is 1.49. The molecule has 0 aromatic carbocycles. The number of hydrogen-bond donors (Lipinski definition) is 1. The van der Waals surface area contributed by atoms with Gasteiger partial charge in [0.05, 0.1) is 24.5 Å². The van der Waals surface area contributed by atoms with Gasteiger partial charge in [-0.1, -0.05) is 6.58 Å². The summed E-state index contributed by atoms with van der Waals surface area (Å²) >= 11 is 0. The van der Waals surface area contributed by atoms with E-state index >= 15 is 0 Å².